The van der Waals surface area contributed by atoms with Crippen LogP contribution in [0.2, 0.25) is 0 Å². The largest absolute Gasteiger partial charge is 0.472 e. The van der Waals surface area contributed by atoms with Gasteiger partial charge in [0.2, 0.25) is 0 Å². The van der Waals surface area contributed by atoms with Crippen LogP contribution in [0.1, 0.15) is 284 Å². The zero-order valence-electron chi connectivity index (χ0n) is 46.0. The first-order valence-electron chi connectivity index (χ1n) is 29.8. The summed E-state index contributed by atoms with van der Waals surface area (Å²) in [6.07, 6.45) is 74.2. The van der Waals surface area contributed by atoms with Crippen molar-refractivity contribution in [3.63, 3.8) is 0 Å². The number of carbonyl (C=O) groups excluding carboxylic acids is 1. The number of phosphoric ester groups is 1. The summed E-state index contributed by atoms with van der Waals surface area (Å²) in [5, 5.41) is 0. The molecule has 0 aromatic heterocycles. The Morgan fingerprint density at radius 1 is 0.443 bits per heavy atom. The summed E-state index contributed by atoms with van der Waals surface area (Å²) >= 11 is 0. The number of rotatable bonds is 57. The van der Waals surface area contributed by atoms with E-state index in [-0.39, 0.29) is 32.3 Å². The molecule has 9 heteroatoms. The van der Waals surface area contributed by atoms with E-state index in [1.807, 2.05) is 0 Å². The predicted molar refractivity (Wildman–Crippen MR) is 302 cm³/mol. The molecular weight excluding hydrogens is 890 g/mol. The second-order valence-electron chi connectivity index (χ2n) is 19.8. The highest BCUT2D eigenvalue weighted by Gasteiger charge is 2.25. The van der Waals surface area contributed by atoms with Gasteiger partial charge in [-0.25, -0.2) is 4.57 Å². The Kier molecular flexibility index (Phi) is 56.6. The number of nitrogens with two attached hydrogens (primary N) is 1. The first kappa shape index (κ1) is 68.2. The Labute approximate surface area is 433 Å². The lowest BCUT2D eigenvalue weighted by Crippen LogP contribution is -2.28. The molecule has 3 N–H and O–H groups in total. The van der Waals surface area contributed by atoms with Crippen molar-refractivity contribution in [3.05, 3.63) is 60.8 Å². The second kappa shape index (κ2) is 58.1. The van der Waals surface area contributed by atoms with Crippen molar-refractivity contribution >= 4 is 13.8 Å². The third-order valence-electron chi connectivity index (χ3n) is 12.9. The van der Waals surface area contributed by atoms with Crippen molar-refractivity contribution in [2.75, 3.05) is 33.0 Å². The maximum Gasteiger partial charge on any atom is 0.472 e. The number of carbonyl (C=O) groups is 1. The average molecular weight is 1000 g/mol. The molecule has 0 saturated carbocycles. The highest BCUT2D eigenvalue weighted by atomic mass is 31.2. The SMILES string of the molecule is CC/C=C\C/C=C\C/C=C\C/C=C\C/C=C\CCCCCCCCCCCCOCC(COP(=O)(O)OCCN)OC(=O)CCCCCCCCCCCCCCCCCCCCCCCCCCC. The van der Waals surface area contributed by atoms with Crippen LogP contribution in [-0.2, 0) is 27.9 Å². The summed E-state index contributed by atoms with van der Waals surface area (Å²) < 4.78 is 33.7. The standard InChI is InChI=1S/C61H114NO7P/c1-3-5-7-9-11-13-15-17-19-21-23-25-27-29-31-33-35-37-39-41-43-45-47-49-51-53-56-66-58-60(59-68-70(64,65)67-57-55-62)69-61(63)54-52-50-48-46-44-42-40-38-36-34-32-30-28-26-24-22-20-18-16-14-12-10-8-6-4-2/h5,7,11,13,17,19,23,25,29,31,60H,3-4,6,8-10,12,14-16,18,20-22,24,26-28,30,32-59,62H2,1-2H3,(H,64,65)/b7-5-,13-11-,19-17-,25-23-,31-29-. The molecule has 70 heavy (non-hydrogen) atoms. The Morgan fingerprint density at radius 2 is 0.800 bits per heavy atom. The molecule has 0 heterocycles. The smallest absolute Gasteiger partial charge is 0.457 e. The van der Waals surface area contributed by atoms with Crippen LogP contribution in [0.3, 0.4) is 0 Å². The lowest BCUT2D eigenvalue weighted by molar-refractivity contribution is -0.154. The minimum absolute atomic E-state index is 0.0965. The van der Waals surface area contributed by atoms with Gasteiger partial charge >= 0.3 is 13.8 Å². The van der Waals surface area contributed by atoms with Crippen LogP contribution < -0.4 is 5.73 Å². The molecule has 2 atom stereocenters. The first-order chi connectivity index (χ1) is 34.4. The molecule has 0 aliphatic rings. The van der Waals surface area contributed by atoms with Crippen molar-refractivity contribution < 1.29 is 32.8 Å². The lowest BCUT2D eigenvalue weighted by Gasteiger charge is -2.20. The third kappa shape index (κ3) is 57.1. The maximum absolute atomic E-state index is 12.7. The van der Waals surface area contributed by atoms with Gasteiger partial charge in [0.05, 0.1) is 19.8 Å². The Hall–Kier alpha value is -1.80. The van der Waals surface area contributed by atoms with E-state index < -0.39 is 13.9 Å². The van der Waals surface area contributed by atoms with Crippen molar-refractivity contribution in [2.45, 2.75) is 290 Å². The van der Waals surface area contributed by atoms with E-state index >= 15 is 0 Å². The molecule has 410 valence electrons. The summed E-state index contributed by atoms with van der Waals surface area (Å²) in [6, 6.07) is 0. The Morgan fingerprint density at radius 3 is 1.20 bits per heavy atom. The van der Waals surface area contributed by atoms with Crippen LogP contribution in [-0.4, -0.2) is 49.9 Å². The molecule has 0 spiro atoms. The van der Waals surface area contributed by atoms with Crippen LogP contribution in [0.4, 0.5) is 0 Å². The molecule has 0 fully saturated rings. The van der Waals surface area contributed by atoms with Gasteiger partial charge in [-0.1, -0.05) is 280 Å². The van der Waals surface area contributed by atoms with Crippen LogP contribution in [0, 0.1) is 0 Å². The monoisotopic (exact) mass is 1000 g/mol. The number of esters is 1. The van der Waals surface area contributed by atoms with Crippen LogP contribution in [0.15, 0.2) is 60.8 Å². The quantitative estimate of drug-likeness (QED) is 0.0268. The molecule has 2 unspecified atom stereocenters. The van der Waals surface area contributed by atoms with E-state index in [1.165, 1.54) is 199 Å². The van der Waals surface area contributed by atoms with E-state index in [2.05, 4.69) is 74.6 Å². The highest BCUT2D eigenvalue weighted by molar-refractivity contribution is 7.47. The van der Waals surface area contributed by atoms with Gasteiger partial charge in [-0.3, -0.25) is 13.8 Å². The molecule has 0 aliphatic heterocycles. The zero-order chi connectivity index (χ0) is 50.8. The van der Waals surface area contributed by atoms with Crippen molar-refractivity contribution in [1.82, 2.24) is 0 Å². The summed E-state index contributed by atoms with van der Waals surface area (Å²) in [7, 11) is -4.29. The van der Waals surface area contributed by atoms with Gasteiger partial charge in [0, 0.05) is 19.6 Å². The lowest BCUT2D eigenvalue weighted by atomic mass is 10.0. The van der Waals surface area contributed by atoms with Crippen LogP contribution >= 0.6 is 7.82 Å². The predicted octanol–water partition coefficient (Wildman–Crippen LogP) is 19.2. The normalized spacial score (nSPS) is 13.6. The molecule has 0 rings (SSSR count). The number of allylic oxidation sites excluding steroid dienone is 10. The minimum Gasteiger partial charge on any atom is -0.457 e. The Bertz CT molecular complexity index is 1270. The maximum atomic E-state index is 12.7. The topological polar surface area (TPSA) is 117 Å². The van der Waals surface area contributed by atoms with Gasteiger partial charge < -0.3 is 20.1 Å². The number of unbranched alkanes of at least 4 members (excludes halogenated alkanes) is 34. The van der Waals surface area contributed by atoms with Crippen LogP contribution in [0.25, 0.3) is 0 Å². The molecule has 0 aromatic rings. The van der Waals surface area contributed by atoms with Gasteiger partial charge in [0.1, 0.15) is 6.10 Å². The molecule has 0 bridgehead atoms. The van der Waals surface area contributed by atoms with Gasteiger partial charge in [-0.05, 0) is 57.8 Å². The molecule has 0 amide bonds. The van der Waals surface area contributed by atoms with Gasteiger partial charge in [0.15, 0.2) is 0 Å². The fourth-order valence-electron chi connectivity index (χ4n) is 8.62. The van der Waals surface area contributed by atoms with Crippen molar-refractivity contribution in [3.8, 4) is 0 Å². The molecule has 0 aliphatic carbocycles. The van der Waals surface area contributed by atoms with E-state index in [0.717, 1.165) is 64.2 Å². The van der Waals surface area contributed by atoms with Gasteiger partial charge in [-0.2, -0.15) is 0 Å². The first-order valence-corrected chi connectivity index (χ1v) is 31.3. The molecule has 8 nitrogen and oxygen atoms in total. The zero-order valence-corrected chi connectivity index (χ0v) is 46.9. The summed E-state index contributed by atoms with van der Waals surface area (Å²) in [6.45, 7) is 4.85. The fourth-order valence-corrected chi connectivity index (χ4v) is 9.38. The number of phosphoric acid groups is 1. The summed E-state index contributed by atoms with van der Waals surface area (Å²) in [5.41, 5.74) is 5.41. The van der Waals surface area contributed by atoms with E-state index in [0.29, 0.717) is 13.0 Å². The van der Waals surface area contributed by atoms with E-state index in [4.69, 9.17) is 24.3 Å². The summed E-state index contributed by atoms with van der Waals surface area (Å²) in [4.78, 5) is 22.7. The highest BCUT2D eigenvalue weighted by Crippen LogP contribution is 2.43. The molecule has 0 radical (unpaired) electrons. The van der Waals surface area contributed by atoms with E-state index in [9.17, 15) is 14.3 Å². The fraction of sp³-hybridized carbons (Fsp3) is 0.820. The van der Waals surface area contributed by atoms with E-state index in [1.54, 1.807) is 0 Å². The third-order valence-corrected chi connectivity index (χ3v) is 13.9. The van der Waals surface area contributed by atoms with Crippen LogP contribution in [0.5, 0.6) is 0 Å². The molecular formula is C61H114NO7P. The van der Waals surface area contributed by atoms with Crippen molar-refractivity contribution in [2.24, 2.45) is 5.73 Å². The molecule has 0 aromatic carbocycles. The number of hydrogen-bond donors (Lipinski definition) is 2. The van der Waals surface area contributed by atoms with Gasteiger partial charge in [0.25, 0.3) is 0 Å². The second-order valence-corrected chi connectivity index (χ2v) is 21.3. The Balaban J connectivity index is 3.86. The van der Waals surface area contributed by atoms with Crippen molar-refractivity contribution in [1.29, 1.82) is 0 Å². The summed E-state index contributed by atoms with van der Waals surface area (Å²) in [5.74, 6) is -0.327. The average Bonchev–Trinajstić information content (AvgIpc) is 3.35. The molecule has 0 saturated heterocycles. The van der Waals surface area contributed by atoms with Gasteiger partial charge in [-0.15, -0.1) is 0 Å². The minimum atomic E-state index is -4.29. The number of ether oxygens (including phenoxy) is 2. The number of hydrogen-bond acceptors (Lipinski definition) is 7.